The van der Waals surface area contributed by atoms with Gasteiger partial charge in [-0.25, -0.2) is 4.68 Å². The van der Waals surface area contributed by atoms with Crippen LogP contribution < -0.4 is 10.2 Å². The Bertz CT molecular complexity index is 1010. The standard InChI is InChI=1S/C21H24ClN7O/c1-15-13-16(2)29(26-15)20-8-7-19(24-25-20)28-11-9-27(10-12-28)14-21(30)23-18-5-3-17(22)4-6-18/h3-8,13H,9-12,14H2,1-2H3,(H,23,30). The minimum atomic E-state index is -0.0280. The van der Waals surface area contributed by atoms with Crippen LogP contribution in [-0.2, 0) is 4.79 Å². The van der Waals surface area contributed by atoms with Crippen molar-refractivity contribution >= 4 is 29.0 Å². The molecule has 0 radical (unpaired) electrons. The Hall–Kier alpha value is -2.97. The molecule has 30 heavy (non-hydrogen) atoms. The lowest BCUT2D eigenvalue weighted by Gasteiger charge is -2.34. The van der Waals surface area contributed by atoms with Gasteiger partial charge in [-0.1, -0.05) is 11.6 Å². The van der Waals surface area contributed by atoms with Gasteiger partial charge in [0.25, 0.3) is 0 Å². The first-order valence-corrected chi connectivity index (χ1v) is 10.3. The molecule has 4 rings (SSSR count). The van der Waals surface area contributed by atoms with Crippen LogP contribution in [0.5, 0.6) is 0 Å². The molecule has 156 valence electrons. The summed E-state index contributed by atoms with van der Waals surface area (Å²) in [5.41, 5.74) is 2.73. The molecular formula is C21H24ClN7O. The van der Waals surface area contributed by atoms with E-state index in [9.17, 15) is 4.79 Å². The third kappa shape index (κ3) is 4.77. The van der Waals surface area contributed by atoms with Gasteiger partial charge in [0.15, 0.2) is 11.6 Å². The van der Waals surface area contributed by atoms with Crippen LogP contribution in [0, 0.1) is 13.8 Å². The van der Waals surface area contributed by atoms with Gasteiger partial charge in [-0.3, -0.25) is 9.69 Å². The van der Waals surface area contributed by atoms with E-state index in [1.165, 1.54) is 0 Å². The lowest BCUT2D eigenvalue weighted by atomic mass is 10.3. The fourth-order valence-corrected chi connectivity index (χ4v) is 3.66. The molecule has 0 bridgehead atoms. The summed E-state index contributed by atoms with van der Waals surface area (Å²) in [6.07, 6.45) is 0. The van der Waals surface area contributed by atoms with Crippen LogP contribution in [0.15, 0.2) is 42.5 Å². The Morgan fingerprint density at radius 3 is 2.27 bits per heavy atom. The monoisotopic (exact) mass is 425 g/mol. The lowest BCUT2D eigenvalue weighted by Crippen LogP contribution is -2.49. The molecular weight excluding hydrogens is 402 g/mol. The minimum Gasteiger partial charge on any atom is -0.353 e. The van der Waals surface area contributed by atoms with Gasteiger partial charge < -0.3 is 10.2 Å². The van der Waals surface area contributed by atoms with E-state index in [1.807, 2.05) is 32.0 Å². The van der Waals surface area contributed by atoms with Crippen LogP contribution in [0.25, 0.3) is 5.82 Å². The van der Waals surface area contributed by atoms with E-state index < -0.39 is 0 Å². The molecule has 9 heteroatoms. The maximum Gasteiger partial charge on any atom is 0.238 e. The van der Waals surface area contributed by atoms with Crippen molar-refractivity contribution in [2.45, 2.75) is 13.8 Å². The summed E-state index contributed by atoms with van der Waals surface area (Å²) in [5.74, 6) is 1.52. The number of piperazine rings is 1. The van der Waals surface area contributed by atoms with E-state index in [0.29, 0.717) is 17.4 Å². The number of nitrogens with zero attached hydrogens (tertiary/aromatic N) is 6. The van der Waals surface area contributed by atoms with Gasteiger partial charge in [0.05, 0.1) is 12.2 Å². The minimum absolute atomic E-state index is 0.0280. The second kappa shape index (κ2) is 8.81. The van der Waals surface area contributed by atoms with Crippen molar-refractivity contribution in [1.29, 1.82) is 0 Å². The lowest BCUT2D eigenvalue weighted by molar-refractivity contribution is -0.117. The van der Waals surface area contributed by atoms with Crippen molar-refractivity contribution in [3.05, 3.63) is 58.9 Å². The molecule has 1 amide bonds. The number of halogens is 1. The van der Waals surface area contributed by atoms with Gasteiger partial charge in [0.1, 0.15) is 0 Å². The second-order valence-electron chi connectivity index (χ2n) is 7.41. The molecule has 0 spiro atoms. The number of nitrogens with one attached hydrogen (secondary N) is 1. The molecule has 3 aromatic rings. The second-order valence-corrected chi connectivity index (χ2v) is 7.84. The third-order valence-corrected chi connectivity index (χ3v) is 5.31. The maximum absolute atomic E-state index is 12.3. The first-order valence-electron chi connectivity index (χ1n) is 9.88. The largest absolute Gasteiger partial charge is 0.353 e. The first-order chi connectivity index (χ1) is 14.5. The van der Waals surface area contributed by atoms with Crippen LogP contribution in [0.1, 0.15) is 11.4 Å². The highest BCUT2D eigenvalue weighted by Crippen LogP contribution is 2.16. The summed E-state index contributed by atoms with van der Waals surface area (Å²) in [6.45, 7) is 7.48. The predicted octanol–water partition coefficient (Wildman–Crippen LogP) is 2.69. The molecule has 2 aromatic heterocycles. The van der Waals surface area contributed by atoms with Gasteiger partial charge in [0, 0.05) is 42.6 Å². The summed E-state index contributed by atoms with van der Waals surface area (Å²) in [7, 11) is 0. The van der Waals surface area contributed by atoms with Crippen LogP contribution in [-0.4, -0.2) is 63.5 Å². The number of anilines is 2. The van der Waals surface area contributed by atoms with Crippen molar-refractivity contribution < 1.29 is 4.79 Å². The van der Waals surface area contributed by atoms with Crippen LogP contribution >= 0.6 is 11.6 Å². The topological polar surface area (TPSA) is 79.2 Å². The van der Waals surface area contributed by atoms with Gasteiger partial charge in [-0.05, 0) is 56.3 Å². The average molecular weight is 426 g/mol. The molecule has 0 atom stereocenters. The molecule has 0 aliphatic carbocycles. The van der Waals surface area contributed by atoms with Crippen LogP contribution in [0.3, 0.4) is 0 Å². The fourth-order valence-electron chi connectivity index (χ4n) is 3.53. The number of hydrogen-bond donors (Lipinski definition) is 1. The van der Waals surface area contributed by atoms with Gasteiger partial charge >= 0.3 is 0 Å². The number of rotatable bonds is 5. The number of aromatic nitrogens is 4. The van der Waals surface area contributed by atoms with Crippen molar-refractivity contribution in [3.8, 4) is 5.82 Å². The first kappa shape index (κ1) is 20.3. The molecule has 1 aliphatic rings. The van der Waals surface area contributed by atoms with Crippen molar-refractivity contribution in [1.82, 2.24) is 24.9 Å². The summed E-state index contributed by atoms with van der Waals surface area (Å²) >= 11 is 5.88. The number of carbonyl (C=O) groups is 1. The molecule has 1 aliphatic heterocycles. The number of aryl methyl sites for hydroxylation is 2. The van der Waals surface area contributed by atoms with E-state index in [2.05, 4.69) is 30.4 Å². The zero-order valence-electron chi connectivity index (χ0n) is 17.0. The Morgan fingerprint density at radius 1 is 1.00 bits per heavy atom. The molecule has 1 N–H and O–H groups in total. The molecule has 1 fully saturated rings. The zero-order chi connectivity index (χ0) is 21.1. The number of benzene rings is 1. The third-order valence-electron chi connectivity index (χ3n) is 5.05. The van der Waals surface area contributed by atoms with E-state index in [4.69, 9.17) is 11.6 Å². The van der Waals surface area contributed by atoms with E-state index >= 15 is 0 Å². The van der Waals surface area contributed by atoms with Crippen molar-refractivity contribution in [3.63, 3.8) is 0 Å². The average Bonchev–Trinajstić information content (AvgIpc) is 3.08. The smallest absolute Gasteiger partial charge is 0.238 e. The SMILES string of the molecule is Cc1cc(C)n(-c2ccc(N3CCN(CC(=O)Nc4ccc(Cl)cc4)CC3)nn2)n1. The zero-order valence-corrected chi connectivity index (χ0v) is 17.8. The molecule has 0 unspecified atom stereocenters. The van der Waals surface area contributed by atoms with E-state index in [0.717, 1.165) is 49.1 Å². The highest BCUT2D eigenvalue weighted by Gasteiger charge is 2.20. The summed E-state index contributed by atoms with van der Waals surface area (Å²) in [5, 5.41) is 16.7. The highest BCUT2D eigenvalue weighted by molar-refractivity contribution is 6.30. The molecule has 8 nitrogen and oxygen atoms in total. The summed E-state index contributed by atoms with van der Waals surface area (Å²) in [4.78, 5) is 16.6. The summed E-state index contributed by atoms with van der Waals surface area (Å²) < 4.78 is 1.79. The van der Waals surface area contributed by atoms with Crippen LogP contribution in [0.2, 0.25) is 5.02 Å². The maximum atomic E-state index is 12.3. The highest BCUT2D eigenvalue weighted by atomic mass is 35.5. The molecule has 0 saturated carbocycles. The Labute approximate surface area is 180 Å². The quantitative estimate of drug-likeness (QED) is 0.677. The molecule has 3 heterocycles. The number of hydrogen-bond acceptors (Lipinski definition) is 6. The van der Waals surface area contributed by atoms with Gasteiger partial charge in [0.2, 0.25) is 5.91 Å². The van der Waals surface area contributed by atoms with E-state index in [-0.39, 0.29) is 5.91 Å². The van der Waals surface area contributed by atoms with E-state index in [1.54, 1.807) is 28.9 Å². The van der Waals surface area contributed by atoms with Gasteiger partial charge in [-0.2, -0.15) is 5.10 Å². The molecule has 1 saturated heterocycles. The predicted molar refractivity (Wildman–Crippen MR) is 117 cm³/mol. The molecule has 1 aromatic carbocycles. The van der Waals surface area contributed by atoms with Crippen molar-refractivity contribution in [2.75, 3.05) is 42.9 Å². The number of amides is 1. The Kier molecular flexibility index (Phi) is 5.96. The Balaban J connectivity index is 1.29. The van der Waals surface area contributed by atoms with Gasteiger partial charge in [-0.15, -0.1) is 10.2 Å². The number of carbonyl (C=O) groups excluding carboxylic acids is 1. The Morgan fingerprint density at radius 2 is 1.67 bits per heavy atom. The normalized spacial score (nSPS) is 14.7. The van der Waals surface area contributed by atoms with Crippen molar-refractivity contribution in [2.24, 2.45) is 0 Å². The fraction of sp³-hybridized carbons (Fsp3) is 0.333. The van der Waals surface area contributed by atoms with Crippen LogP contribution in [0.4, 0.5) is 11.5 Å². The summed E-state index contributed by atoms with van der Waals surface area (Å²) in [6, 6.07) is 13.0.